The van der Waals surface area contributed by atoms with Crippen molar-refractivity contribution < 1.29 is 8.42 Å². The number of nitrogens with one attached hydrogen (secondary N) is 1. The number of rotatable bonds is 7. The van der Waals surface area contributed by atoms with E-state index in [1.54, 1.807) is 17.0 Å². The van der Waals surface area contributed by atoms with E-state index >= 15 is 0 Å². The summed E-state index contributed by atoms with van der Waals surface area (Å²) in [6.45, 7) is 0.295. The van der Waals surface area contributed by atoms with Gasteiger partial charge in [0.2, 0.25) is 15.2 Å². The Labute approximate surface area is 144 Å². The molecule has 0 aliphatic heterocycles. The van der Waals surface area contributed by atoms with Crippen LogP contribution in [0.4, 0.5) is 0 Å². The van der Waals surface area contributed by atoms with Gasteiger partial charge in [-0.2, -0.15) is 5.10 Å². The summed E-state index contributed by atoms with van der Waals surface area (Å²) in [6, 6.07) is 11.1. The molecule has 0 fully saturated rings. The molecule has 124 valence electrons. The normalized spacial score (nSPS) is 12.0. The van der Waals surface area contributed by atoms with E-state index < -0.39 is 10.0 Å². The maximum atomic E-state index is 12.0. The second kappa shape index (κ2) is 7.52. The highest BCUT2D eigenvalue weighted by Gasteiger charge is 2.07. The number of benzene rings is 1. The Morgan fingerprint density at radius 1 is 1.21 bits per heavy atom. The van der Waals surface area contributed by atoms with Gasteiger partial charge in [0.1, 0.15) is 0 Å². The molecule has 24 heavy (non-hydrogen) atoms. The monoisotopic (exact) mass is 360 g/mol. The molecule has 0 saturated heterocycles. The van der Waals surface area contributed by atoms with Crippen molar-refractivity contribution in [3.8, 4) is 5.13 Å². The number of nitrogens with zero attached hydrogens (tertiary/aromatic N) is 3. The first-order chi connectivity index (χ1) is 11.6. The minimum Gasteiger partial charge on any atom is -0.223 e. The first-order valence-electron chi connectivity index (χ1n) is 7.30. The van der Waals surface area contributed by atoms with E-state index in [1.165, 1.54) is 16.7 Å². The Morgan fingerprint density at radius 3 is 2.79 bits per heavy atom. The summed E-state index contributed by atoms with van der Waals surface area (Å²) < 4.78 is 28.1. The van der Waals surface area contributed by atoms with Crippen molar-refractivity contribution in [3.63, 3.8) is 0 Å². The smallest absolute Gasteiger partial charge is 0.223 e. The highest BCUT2D eigenvalue weighted by Crippen LogP contribution is 2.14. The Kier molecular flexibility index (Phi) is 5.19. The first-order valence-corrected chi connectivity index (χ1v) is 9.72. The van der Waals surface area contributed by atoms with E-state index in [2.05, 4.69) is 14.8 Å². The molecule has 6 nitrogen and oxygen atoms in total. The van der Waals surface area contributed by atoms with E-state index in [0.29, 0.717) is 13.0 Å². The SMILES string of the molecule is O=S(=O)(/C=C/c1ccccc1)NCCc1csc(-n2cccn2)n1. The summed E-state index contributed by atoms with van der Waals surface area (Å²) in [5.74, 6) is 0. The second-order valence-corrected chi connectivity index (χ2v) is 7.46. The summed E-state index contributed by atoms with van der Waals surface area (Å²) in [7, 11) is -3.46. The number of sulfonamides is 1. The van der Waals surface area contributed by atoms with Crippen LogP contribution >= 0.6 is 11.3 Å². The van der Waals surface area contributed by atoms with Gasteiger partial charge >= 0.3 is 0 Å². The molecule has 0 radical (unpaired) electrons. The van der Waals surface area contributed by atoms with Crippen LogP contribution in [-0.2, 0) is 16.4 Å². The van der Waals surface area contributed by atoms with Crippen LogP contribution in [0.25, 0.3) is 11.2 Å². The van der Waals surface area contributed by atoms with Crippen LogP contribution in [0.2, 0.25) is 0 Å². The van der Waals surface area contributed by atoms with E-state index in [9.17, 15) is 8.42 Å². The molecule has 2 heterocycles. The van der Waals surface area contributed by atoms with Gasteiger partial charge in [-0.3, -0.25) is 0 Å². The van der Waals surface area contributed by atoms with Crippen LogP contribution in [0.15, 0.2) is 59.6 Å². The molecule has 3 aromatic rings. The molecule has 0 aliphatic rings. The van der Waals surface area contributed by atoms with Crippen molar-refractivity contribution in [3.05, 3.63) is 70.8 Å². The summed E-state index contributed by atoms with van der Waals surface area (Å²) in [6.07, 6.45) is 5.60. The van der Waals surface area contributed by atoms with Gasteiger partial charge in [0.05, 0.1) is 5.69 Å². The lowest BCUT2D eigenvalue weighted by molar-refractivity contribution is 0.591. The lowest BCUT2D eigenvalue weighted by atomic mass is 10.2. The molecule has 0 amide bonds. The first kappa shape index (κ1) is 16.6. The molecule has 0 aliphatic carbocycles. The van der Waals surface area contributed by atoms with Gasteiger partial charge in [-0.15, -0.1) is 11.3 Å². The van der Waals surface area contributed by atoms with Crippen molar-refractivity contribution in [2.24, 2.45) is 0 Å². The molecule has 3 rings (SSSR count). The van der Waals surface area contributed by atoms with Gasteiger partial charge in [0.25, 0.3) is 0 Å². The van der Waals surface area contributed by atoms with E-state index in [1.807, 2.05) is 48.0 Å². The Hall–Kier alpha value is -2.29. The molecule has 0 atom stereocenters. The average Bonchev–Trinajstić information content (AvgIpc) is 3.25. The molecule has 1 aromatic carbocycles. The second-order valence-electron chi connectivity index (χ2n) is 4.97. The fourth-order valence-electron chi connectivity index (χ4n) is 2.00. The van der Waals surface area contributed by atoms with Crippen LogP contribution in [0.1, 0.15) is 11.3 Å². The standard InChI is InChI=1S/C16H16N4O2S2/c21-24(22,12-8-14-5-2-1-3-6-14)18-10-7-15-13-23-16(19-15)20-11-4-9-17-20/h1-6,8-9,11-13,18H,7,10H2/b12-8+. The van der Waals surface area contributed by atoms with E-state index in [0.717, 1.165) is 16.4 Å². The summed E-state index contributed by atoms with van der Waals surface area (Å²) >= 11 is 1.47. The van der Waals surface area contributed by atoms with Gasteiger partial charge in [-0.1, -0.05) is 30.3 Å². The molecule has 1 N–H and O–H groups in total. The van der Waals surface area contributed by atoms with Crippen molar-refractivity contribution in [1.82, 2.24) is 19.5 Å². The minimum atomic E-state index is -3.46. The predicted molar refractivity (Wildman–Crippen MR) is 95.3 cm³/mol. The van der Waals surface area contributed by atoms with Crippen molar-refractivity contribution in [2.45, 2.75) is 6.42 Å². The fourth-order valence-corrected chi connectivity index (χ4v) is 3.62. The van der Waals surface area contributed by atoms with Crippen molar-refractivity contribution in [1.29, 1.82) is 0 Å². The zero-order valence-corrected chi connectivity index (χ0v) is 14.4. The maximum absolute atomic E-state index is 12.0. The predicted octanol–water partition coefficient (Wildman–Crippen LogP) is 2.46. The molecule has 0 unspecified atom stereocenters. The van der Waals surface area contributed by atoms with Gasteiger partial charge in [-0.05, 0) is 17.7 Å². The summed E-state index contributed by atoms with van der Waals surface area (Å²) in [4.78, 5) is 4.43. The molecule has 2 aromatic heterocycles. The molecule has 0 bridgehead atoms. The van der Waals surface area contributed by atoms with E-state index in [4.69, 9.17) is 0 Å². The lowest BCUT2D eigenvalue weighted by Crippen LogP contribution is -2.23. The lowest BCUT2D eigenvalue weighted by Gasteiger charge is -2.01. The minimum absolute atomic E-state index is 0.295. The van der Waals surface area contributed by atoms with Crippen molar-refractivity contribution >= 4 is 27.4 Å². The number of hydrogen-bond donors (Lipinski definition) is 1. The fraction of sp³-hybridized carbons (Fsp3) is 0.125. The largest absolute Gasteiger partial charge is 0.233 e. The zero-order chi connectivity index (χ0) is 16.8. The topological polar surface area (TPSA) is 76.9 Å². The highest BCUT2D eigenvalue weighted by atomic mass is 32.2. The Balaban J connectivity index is 1.53. The highest BCUT2D eigenvalue weighted by molar-refractivity contribution is 7.92. The van der Waals surface area contributed by atoms with Gasteiger partial charge in [0, 0.05) is 36.1 Å². The van der Waals surface area contributed by atoms with Gasteiger partial charge in [-0.25, -0.2) is 22.8 Å². The summed E-state index contributed by atoms with van der Waals surface area (Å²) in [5.41, 5.74) is 1.67. The van der Waals surface area contributed by atoms with Crippen LogP contribution in [-0.4, -0.2) is 29.7 Å². The third kappa shape index (κ3) is 4.60. The van der Waals surface area contributed by atoms with Crippen LogP contribution in [0, 0.1) is 0 Å². The number of thiazole rings is 1. The van der Waals surface area contributed by atoms with Crippen molar-refractivity contribution in [2.75, 3.05) is 6.54 Å². The van der Waals surface area contributed by atoms with Gasteiger partial charge < -0.3 is 0 Å². The average molecular weight is 360 g/mol. The Morgan fingerprint density at radius 2 is 2.04 bits per heavy atom. The molecular formula is C16H16N4O2S2. The van der Waals surface area contributed by atoms with Crippen LogP contribution in [0.3, 0.4) is 0 Å². The maximum Gasteiger partial charge on any atom is 0.233 e. The van der Waals surface area contributed by atoms with E-state index in [-0.39, 0.29) is 0 Å². The van der Waals surface area contributed by atoms with Gasteiger partial charge in [0.15, 0.2) is 0 Å². The molecule has 8 heteroatoms. The number of aromatic nitrogens is 3. The number of hydrogen-bond acceptors (Lipinski definition) is 5. The zero-order valence-electron chi connectivity index (χ0n) is 12.7. The molecule has 0 spiro atoms. The quantitative estimate of drug-likeness (QED) is 0.702. The van der Waals surface area contributed by atoms with Crippen LogP contribution in [0.5, 0.6) is 0 Å². The summed E-state index contributed by atoms with van der Waals surface area (Å²) in [5, 5.41) is 7.97. The molecule has 0 saturated carbocycles. The molecular weight excluding hydrogens is 344 g/mol. The third-order valence-electron chi connectivity index (χ3n) is 3.16. The third-order valence-corrected chi connectivity index (χ3v) is 5.14. The van der Waals surface area contributed by atoms with Crippen LogP contribution < -0.4 is 4.72 Å². The Bertz CT molecular complexity index is 901.